The summed E-state index contributed by atoms with van der Waals surface area (Å²) in [6, 6.07) is 18.1. The van der Waals surface area contributed by atoms with Gasteiger partial charge in [-0.15, -0.1) is 5.10 Å². The molecule has 0 saturated heterocycles. The van der Waals surface area contributed by atoms with Crippen LogP contribution in [-0.2, 0) is 4.79 Å². The highest BCUT2D eigenvalue weighted by Gasteiger charge is 2.14. The highest BCUT2D eigenvalue weighted by atomic mass is 32.2. The fourth-order valence-corrected chi connectivity index (χ4v) is 3.22. The third kappa shape index (κ3) is 4.73. The predicted octanol–water partition coefficient (Wildman–Crippen LogP) is 3.94. The minimum absolute atomic E-state index is 0.0153. The standard InChI is InChI=1S/C20H22N4OS/c1-3-18(16-11-9-15(2)10-12-16)22-19(25)13-26-20-21-14-24(23-20)17-7-5-4-6-8-17/h4-12,14,18H,3,13H2,1-2H3,(H,22,25). The summed E-state index contributed by atoms with van der Waals surface area (Å²) >= 11 is 1.34. The van der Waals surface area contributed by atoms with Crippen molar-refractivity contribution in [3.05, 3.63) is 72.1 Å². The number of benzene rings is 2. The second-order valence-corrected chi connectivity index (χ2v) is 6.98. The largest absolute Gasteiger partial charge is 0.349 e. The average Bonchev–Trinajstić information content (AvgIpc) is 3.15. The number of hydrogen-bond donors (Lipinski definition) is 1. The van der Waals surface area contributed by atoms with Crippen LogP contribution in [0.1, 0.15) is 30.5 Å². The number of carbonyl (C=O) groups excluding carboxylic acids is 1. The molecule has 1 amide bonds. The van der Waals surface area contributed by atoms with Gasteiger partial charge in [-0.25, -0.2) is 9.67 Å². The molecule has 0 fully saturated rings. The summed E-state index contributed by atoms with van der Waals surface area (Å²) in [6.07, 6.45) is 2.51. The molecule has 0 saturated carbocycles. The second kappa shape index (κ2) is 8.67. The first-order valence-electron chi connectivity index (χ1n) is 8.61. The number of nitrogens with zero attached hydrogens (tertiary/aromatic N) is 3. The lowest BCUT2D eigenvalue weighted by Gasteiger charge is -2.17. The Labute approximate surface area is 157 Å². The van der Waals surface area contributed by atoms with Gasteiger partial charge in [0.05, 0.1) is 17.5 Å². The van der Waals surface area contributed by atoms with E-state index in [0.29, 0.717) is 10.9 Å². The molecule has 3 aromatic rings. The minimum atomic E-state index is -0.0153. The lowest BCUT2D eigenvalue weighted by atomic mass is 10.0. The Balaban J connectivity index is 1.55. The van der Waals surface area contributed by atoms with Crippen LogP contribution in [0, 0.1) is 6.92 Å². The first-order valence-corrected chi connectivity index (χ1v) is 9.60. The normalized spacial score (nSPS) is 11.9. The smallest absolute Gasteiger partial charge is 0.230 e. The third-order valence-electron chi connectivity index (χ3n) is 4.05. The van der Waals surface area contributed by atoms with Crippen LogP contribution in [0.25, 0.3) is 5.69 Å². The minimum Gasteiger partial charge on any atom is -0.349 e. The van der Waals surface area contributed by atoms with Crippen molar-refractivity contribution in [2.24, 2.45) is 0 Å². The molecule has 1 heterocycles. The lowest BCUT2D eigenvalue weighted by Crippen LogP contribution is -2.29. The van der Waals surface area contributed by atoms with Crippen molar-refractivity contribution in [1.29, 1.82) is 0 Å². The van der Waals surface area contributed by atoms with Gasteiger partial charge in [-0.2, -0.15) is 0 Å². The van der Waals surface area contributed by atoms with Gasteiger partial charge in [-0.3, -0.25) is 4.79 Å². The van der Waals surface area contributed by atoms with Crippen molar-refractivity contribution in [3.8, 4) is 5.69 Å². The zero-order valence-electron chi connectivity index (χ0n) is 14.9. The summed E-state index contributed by atoms with van der Waals surface area (Å²) in [4.78, 5) is 16.6. The maximum atomic E-state index is 12.3. The van der Waals surface area contributed by atoms with E-state index in [1.807, 2.05) is 30.3 Å². The van der Waals surface area contributed by atoms with Crippen molar-refractivity contribution in [2.45, 2.75) is 31.5 Å². The number of thioether (sulfide) groups is 1. The molecule has 3 rings (SSSR count). The van der Waals surface area contributed by atoms with E-state index in [9.17, 15) is 4.79 Å². The first-order chi connectivity index (χ1) is 12.7. The Morgan fingerprint density at radius 1 is 1.15 bits per heavy atom. The van der Waals surface area contributed by atoms with Gasteiger partial charge in [0.25, 0.3) is 0 Å². The number of aryl methyl sites for hydroxylation is 1. The van der Waals surface area contributed by atoms with Crippen LogP contribution in [-0.4, -0.2) is 26.4 Å². The molecular weight excluding hydrogens is 344 g/mol. The van der Waals surface area contributed by atoms with Crippen molar-refractivity contribution in [2.75, 3.05) is 5.75 Å². The molecule has 0 aliphatic rings. The van der Waals surface area contributed by atoms with E-state index < -0.39 is 0 Å². The Morgan fingerprint density at radius 2 is 1.88 bits per heavy atom. The number of hydrogen-bond acceptors (Lipinski definition) is 4. The van der Waals surface area contributed by atoms with Crippen molar-refractivity contribution in [3.63, 3.8) is 0 Å². The number of para-hydroxylation sites is 1. The molecule has 0 aliphatic carbocycles. The molecule has 1 aromatic heterocycles. The summed E-state index contributed by atoms with van der Waals surface area (Å²) in [5.41, 5.74) is 3.29. The van der Waals surface area contributed by atoms with E-state index in [1.54, 1.807) is 11.0 Å². The molecule has 1 unspecified atom stereocenters. The Kier molecular flexibility index (Phi) is 6.07. The lowest BCUT2D eigenvalue weighted by molar-refractivity contribution is -0.119. The van der Waals surface area contributed by atoms with E-state index >= 15 is 0 Å². The van der Waals surface area contributed by atoms with E-state index in [4.69, 9.17) is 0 Å². The maximum Gasteiger partial charge on any atom is 0.230 e. The third-order valence-corrected chi connectivity index (χ3v) is 4.90. The number of aromatic nitrogens is 3. The van der Waals surface area contributed by atoms with Gasteiger partial charge in [0.15, 0.2) is 0 Å². The number of carbonyl (C=O) groups is 1. The Hall–Kier alpha value is -2.60. The summed E-state index contributed by atoms with van der Waals surface area (Å²) in [5.74, 6) is 0.278. The fourth-order valence-electron chi connectivity index (χ4n) is 2.61. The van der Waals surface area contributed by atoms with Gasteiger partial charge in [0, 0.05) is 0 Å². The zero-order chi connectivity index (χ0) is 18.4. The predicted molar refractivity (Wildman–Crippen MR) is 104 cm³/mol. The first kappa shape index (κ1) is 18.2. The van der Waals surface area contributed by atoms with Gasteiger partial charge in [-0.05, 0) is 31.0 Å². The molecule has 5 nitrogen and oxygen atoms in total. The molecule has 1 N–H and O–H groups in total. The molecule has 1 atom stereocenters. The maximum absolute atomic E-state index is 12.3. The van der Waals surface area contributed by atoms with Crippen molar-refractivity contribution >= 4 is 17.7 Å². The van der Waals surface area contributed by atoms with Crippen LogP contribution in [0.3, 0.4) is 0 Å². The fraction of sp³-hybridized carbons (Fsp3) is 0.250. The zero-order valence-corrected chi connectivity index (χ0v) is 15.7. The van der Waals surface area contributed by atoms with Crippen molar-refractivity contribution in [1.82, 2.24) is 20.1 Å². The molecule has 134 valence electrons. The van der Waals surface area contributed by atoms with Gasteiger partial charge in [0.1, 0.15) is 6.33 Å². The van der Waals surface area contributed by atoms with E-state index in [1.165, 1.54) is 17.3 Å². The van der Waals surface area contributed by atoms with E-state index in [0.717, 1.165) is 17.7 Å². The van der Waals surface area contributed by atoms with Crippen molar-refractivity contribution < 1.29 is 4.79 Å². The molecule has 0 radical (unpaired) electrons. The quantitative estimate of drug-likeness (QED) is 0.644. The number of rotatable bonds is 7. The monoisotopic (exact) mass is 366 g/mol. The molecule has 2 aromatic carbocycles. The van der Waals surface area contributed by atoms with Gasteiger partial charge >= 0.3 is 0 Å². The summed E-state index contributed by atoms with van der Waals surface area (Å²) < 4.78 is 1.71. The Morgan fingerprint density at radius 3 is 2.58 bits per heavy atom. The molecule has 0 aliphatic heterocycles. The highest BCUT2D eigenvalue weighted by molar-refractivity contribution is 7.99. The van der Waals surface area contributed by atoms with Gasteiger partial charge < -0.3 is 5.32 Å². The van der Waals surface area contributed by atoms with E-state index in [-0.39, 0.29) is 11.9 Å². The van der Waals surface area contributed by atoms with Crippen LogP contribution < -0.4 is 5.32 Å². The van der Waals surface area contributed by atoms with E-state index in [2.05, 4.69) is 53.5 Å². The van der Waals surface area contributed by atoms with Crippen LogP contribution in [0.4, 0.5) is 0 Å². The second-order valence-electron chi connectivity index (χ2n) is 6.03. The van der Waals surface area contributed by atoms with Crippen LogP contribution in [0.2, 0.25) is 0 Å². The van der Waals surface area contributed by atoms with Crippen LogP contribution in [0.15, 0.2) is 66.1 Å². The average molecular weight is 366 g/mol. The van der Waals surface area contributed by atoms with Gasteiger partial charge in [0.2, 0.25) is 11.1 Å². The SMILES string of the molecule is CCC(NC(=O)CSc1ncn(-c2ccccc2)n1)c1ccc(C)cc1. The molecule has 26 heavy (non-hydrogen) atoms. The Bertz CT molecular complexity index is 846. The molecule has 0 bridgehead atoms. The topological polar surface area (TPSA) is 59.8 Å². The highest BCUT2D eigenvalue weighted by Crippen LogP contribution is 2.18. The summed E-state index contributed by atoms with van der Waals surface area (Å²) in [7, 11) is 0. The molecule has 0 spiro atoms. The van der Waals surface area contributed by atoms with Gasteiger partial charge in [-0.1, -0.05) is 66.7 Å². The summed E-state index contributed by atoms with van der Waals surface area (Å²) in [6.45, 7) is 4.13. The summed E-state index contributed by atoms with van der Waals surface area (Å²) in [5, 5.41) is 8.09. The number of nitrogens with one attached hydrogen (secondary N) is 1. The number of amides is 1. The van der Waals surface area contributed by atoms with Crippen LogP contribution in [0.5, 0.6) is 0 Å². The van der Waals surface area contributed by atoms with Crippen LogP contribution >= 0.6 is 11.8 Å². The molecule has 6 heteroatoms. The molecular formula is C20H22N4OS.